The quantitative estimate of drug-likeness (QED) is 0.516. The predicted octanol–water partition coefficient (Wildman–Crippen LogP) is 2.10. The standard InChI is InChI=1S/C22H27N5O3/c1-15-8-6-11-27-19(15)24-20-17(22(27)29)14-16(18(23)26(20)12-7-13-30-2)21(28)25-9-4-3-5-10-25/h6,8,11,14,23H,3-5,7,9-10,12-13H2,1-2H3. The smallest absolute Gasteiger partial charge is 0.267 e. The van der Waals surface area contributed by atoms with Gasteiger partial charge in [-0.25, -0.2) is 4.98 Å². The van der Waals surface area contributed by atoms with Gasteiger partial charge in [-0.1, -0.05) is 6.07 Å². The molecular weight excluding hydrogens is 382 g/mol. The first-order valence-corrected chi connectivity index (χ1v) is 10.4. The van der Waals surface area contributed by atoms with Crippen LogP contribution in [0.1, 0.15) is 41.6 Å². The second-order valence-electron chi connectivity index (χ2n) is 7.80. The van der Waals surface area contributed by atoms with E-state index in [0.29, 0.717) is 49.3 Å². The summed E-state index contributed by atoms with van der Waals surface area (Å²) in [6.07, 6.45) is 5.39. The van der Waals surface area contributed by atoms with Crippen molar-refractivity contribution < 1.29 is 9.53 Å². The Balaban J connectivity index is 1.97. The SMILES string of the molecule is COCCCn1c(=N)c(C(=O)N2CCCCC2)cc2c(=O)n3cccc(C)c3nc21. The van der Waals surface area contributed by atoms with Gasteiger partial charge in [-0.2, -0.15) is 0 Å². The molecule has 0 bridgehead atoms. The number of methoxy groups -OCH3 is 1. The van der Waals surface area contributed by atoms with Gasteiger partial charge in [-0.15, -0.1) is 0 Å². The van der Waals surface area contributed by atoms with Gasteiger partial charge in [0, 0.05) is 39.5 Å². The molecule has 30 heavy (non-hydrogen) atoms. The molecule has 8 nitrogen and oxygen atoms in total. The maximum atomic E-state index is 13.3. The lowest BCUT2D eigenvalue weighted by molar-refractivity contribution is 0.0721. The van der Waals surface area contributed by atoms with Crippen molar-refractivity contribution in [3.8, 4) is 0 Å². The number of rotatable bonds is 5. The van der Waals surface area contributed by atoms with E-state index in [4.69, 9.17) is 15.1 Å². The highest BCUT2D eigenvalue weighted by Crippen LogP contribution is 2.16. The summed E-state index contributed by atoms with van der Waals surface area (Å²) in [6.45, 7) is 4.24. The molecule has 0 aliphatic carbocycles. The second kappa shape index (κ2) is 8.39. The highest BCUT2D eigenvalue weighted by Gasteiger charge is 2.23. The molecule has 1 saturated heterocycles. The molecule has 0 spiro atoms. The number of nitrogens with zero attached hydrogens (tertiary/aromatic N) is 4. The molecule has 0 saturated carbocycles. The monoisotopic (exact) mass is 409 g/mol. The Bertz CT molecular complexity index is 1220. The normalized spacial score (nSPS) is 14.5. The van der Waals surface area contributed by atoms with E-state index in [9.17, 15) is 9.59 Å². The van der Waals surface area contributed by atoms with E-state index in [0.717, 1.165) is 24.8 Å². The first-order chi connectivity index (χ1) is 14.5. The number of piperidine rings is 1. The van der Waals surface area contributed by atoms with Gasteiger partial charge >= 0.3 is 0 Å². The molecule has 4 heterocycles. The number of aryl methyl sites for hydroxylation is 2. The van der Waals surface area contributed by atoms with E-state index in [1.54, 1.807) is 28.8 Å². The van der Waals surface area contributed by atoms with E-state index < -0.39 is 0 Å². The van der Waals surface area contributed by atoms with Gasteiger partial charge in [-0.3, -0.25) is 19.4 Å². The van der Waals surface area contributed by atoms with Gasteiger partial charge in [0.25, 0.3) is 11.5 Å². The summed E-state index contributed by atoms with van der Waals surface area (Å²) in [4.78, 5) is 33.0. The van der Waals surface area contributed by atoms with Gasteiger partial charge in [0.2, 0.25) is 0 Å². The summed E-state index contributed by atoms with van der Waals surface area (Å²) in [5, 5.41) is 9.12. The minimum Gasteiger partial charge on any atom is -0.385 e. The van der Waals surface area contributed by atoms with Crippen LogP contribution in [0, 0.1) is 12.3 Å². The van der Waals surface area contributed by atoms with Crippen molar-refractivity contribution in [1.82, 2.24) is 18.9 Å². The number of hydrogen-bond acceptors (Lipinski definition) is 5. The Kier molecular flexibility index (Phi) is 5.67. The van der Waals surface area contributed by atoms with E-state index in [-0.39, 0.29) is 22.5 Å². The molecule has 1 aliphatic heterocycles. The van der Waals surface area contributed by atoms with Crippen LogP contribution in [0.5, 0.6) is 0 Å². The Morgan fingerprint density at radius 3 is 2.73 bits per heavy atom. The van der Waals surface area contributed by atoms with Crippen LogP contribution < -0.4 is 11.0 Å². The molecular formula is C22H27N5O3. The zero-order chi connectivity index (χ0) is 21.3. The molecule has 1 amide bonds. The van der Waals surface area contributed by atoms with E-state index in [1.807, 2.05) is 19.1 Å². The fraction of sp³-hybridized carbons (Fsp3) is 0.455. The second-order valence-corrected chi connectivity index (χ2v) is 7.80. The van der Waals surface area contributed by atoms with E-state index in [2.05, 4.69) is 0 Å². The lowest BCUT2D eigenvalue weighted by Gasteiger charge is -2.27. The van der Waals surface area contributed by atoms with Crippen LogP contribution >= 0.6 is 0 Å². The first kappa shape index (κ1) is 20.3. The van der Waals surface area contributed by atoms with Crippen LogP contribution in [0.3, 0.4) is 0 Å². The minimum atomic E-state index is -0.230. The number of nitrogens with one attached hydrogen (secondary N) is 1. The molecule has 0 aromatic carbocycles. The number of amides is 1. The zero-order valence-corrected chi connectivity index (χ0v) is 17.5. The molecule has 4 rings (SSSR count). The molecule has 8 heteroatoms. The summed E-state index contributed by atoms with van der Waals surface area (Å²) in [6, 6.07) is 5.27. The minimum absolute atomic E-state index is 0.0963. The van der Waals surface area contributed by atoms with Gasteiger partial charge in [0.1, 0.15) is 16.8 Å². The largest absolute Gasteiger partial charge is 0.385 e. The number of carbonyl (C=O) groups is 1. The number of hydrogen-bond donors (Lipinski definition) is 1. The van der Waals surface area contributed by atoms with Crippen molar-refractivity contribution in [3.63, 3.8) is 0 Å². The molecule has 1 N–H and O–H groups in total. The fourth-order valence-corrected chi connectivity index (χ4v) is 4.11. The van der Waals surface area contributed by atoms with E-state index >= 15 is 0 Å². The topological polar surface area (TPSA) is 92.7 Å². The molecule has 3 aromatic rings. The lowest BCUT2D eigenvalue weighted by Crippen LogP contribution is -2.40. The molecule has 0 unspecified atom stereocenters. The van der Waals surface area contributed by atoms with Crippen molar-refractivity contribution >= 4 is 22.6 Å². The number of pyridine rings is 2. The van der Waals surface area contributed by atoms with Crippen LogP contribution in [-0.4, -0.2) is 51.6 Å². The van der Waals surface area contributed by atoms with Crippen LogP contribution in [0.2, 0.25) is 0 Å². The van der Waals surface area contributed by atoms with Crippen molar-refractivity contribution in [3.05, 3.63) is 51.4 Å². The Morgan fingerprint density at radius 1 is 1.23 bits per heavy atom. The van der Waals surface area contributed by atoms with Crippen molar-refractivity contribution in [2.24, 2.45) is 0 Å². The van der Waals surface area contributed by atoms with Crippen LogP contribution in [0.4, 0.5) is 0 Å². The van der Waals surface area contributed by atoms with Crippen LogP contribution in [-0.2, 0) is 11.3 Å². The summed E-state index contributed by atoms with van der Waals surface area (Å²) in [5.74, 6) is -0.184. The maximum absolute atomic E-state index is 13.3. The number of carbonyl (C=O) groups excluding carboxylic acids is 1. The summed E-state index contributed by atoms with van der Waals surface area (Å²) >= 11 is 0. The Labute approximate surface area is 174 Å². The van der Waals surface area contributed by atoms with E-state index in [1.165, 1.54) is 4.40 Å². The van der Waals surface area contributed by atoms with Gasteiger partial charge in [0.05, 0.1) is 10.9 Å². The number of aromatic nitrogens is 3. The number of likely N-dealkylation sites (tertiary alicyclic amines) is 1. The molecule has 158 valence electrons. The molecule has 3 aromatic heterocycles. The van der Waals surface area contributed by atoms with Crippen molar-refractivity contribution in [2.45, 2.75) is 39.2 Å². The summed E-state index contributed by atoms with van der Waals surface area (Å²) in [7, 11) is 1.63. The molecule has 0 atom stereocenters. The first-order valence-electron chi connectivity index (χ1n) is 10.4. The third kappa shape index (κ3) is 3.52. The Hall–Kier alpha value is -3.00. The molecule has 0 radical (unpaired) electrons. The third-order valence-electron chi connectivity index (χ3n) is 5.74. The third-order valence-corrected chi connectivity index (χ3v) is 5.74. The zero-order valence-electron chi connectivity index (χ0n) is 17.5. The van der Waals surface area contributed by atoms with Gasteiger partial charge in [-0.05, 0) is 50.3 Å². The van der Waals surface area contributed by atoms with Crippen molar-refractivity contribution in [1.29, 1.82) is 5.41 Å². The number of ether oxygens (including phenoxy) is 1. The van der Waals surface area contributed by atoms with Gasteiger partial charge < -0.3 is 14.2 Å². The van der Waals surface area contributed by atoms with Crippen molar-refractivity contribution in [2.75, 3.05) is 26.8 Å². The lowest BCUT2D eigenvalue weighted by atomic mass is 10.1. The van der Waals surface area contributed by atoms with Crippen LogP contribution in [0.15, 0.2) is 29.2 Å². The summed E-state index contributed by atoms with van der Waals surface area (Å²) in [5.41, 5.74) is 2.00. The fourth-order valence-electron chi connectivity index (χ4n) is 4.11. The average Bonchev–Trinajstić information content (AvgIpc) is 2.76. The summed E-state index contributed by atoms with van der Waals surface area (Å²) < 4.78 is 8.36. The van der Waals surface area contributed by atoms with Crippen LogP contribution in [0.25, 0.3) is 16.7 Å². The predicted molar refractivity (Wildman–Crippen MR) is 114 cm³/mol. The highest BCUT2D eigenvalue weighted by molar-refractivity contribution is 5.97. The van der Waals surface area contributed by atoms with Gasteiger partial charge in [0.15, 0.2) is 0 Å². The Morgan fingerprint density at radius 2 is 2.00 bits per heavy atom. The number of fused-ring (bicyclic) bond motifs is 2. The highest BCUT2D eigenvalue weighted by atomic mass is 16.5. The maximum Gasteiger partial charge on any atom is 0.267 e. The molecule has 1 aliphatic rings. The average molecular weight is 409 g/mol. The molecule has 1 fully saturated rings.